The van der Waals surface area contributed by atoms with E-state index >= 15 is 0 Å². The topological polar surface area (TPSA) is 111 Å². The average Bonchev–Trinajstić information content (AvgIpc) is 2.18. The highest BCUT2D eigenvalue weighted by molar-refractivity contribution is 7.53. The summed E-state index contributed by atoms with van der Waals surface area (Å²) in [6.07, 6.45) is 0. The fourth-order valence-electron chi connectivity index (χ4n) is 0.908. The minimum absolute atomic E-state index is 0.0451. The van der Waals surface area contributed by atoms with Gasteiger partial charge in [0.05, 0.1) is 6.66 Å². The smallest absolute Gasteiger partial charge is 0.392 e. The molecule has 6 nitrogen and oxygen atoms in total. The van der Waals surface area contributed by atoms with Crippen molar-refractivity contribution in [3.63, 3.8) is 0 Å². The van der Waals surface area contributed by atoms with Crippen molar-refractivity contribution in [2.24, 2.45) is 11.6 Å². The lowest BCUT2D eigenvalue weighted by Gasteiger charge is -2.11. The van der Waals surface area contributed by atoms with Crippen LogP contribution in [0, 0.1) is 5.41 Å². The minimum atomic E-state index is -3.24. The summed E-state index contributed by atoms with van der Waals surface area (Å²) in [5.74, 6) is 5.09. The minimum Gasteiger partial charge on any atom is -0.424 e. The van der Waals surface area contributed by atoms with Crippen LogP contribution < -0.4 is 16.2 Å². The summed E-state index contributed by atoms with van der Waals surface area (Å²) in [5.41, 5.74) is 5.82. The van der Waals surface area contributed by atoms with Gasteiger partial charge in [0.15, 0.2) is 0 Å². The standard InChI is InChI=1S/C8H12N3O3P/c1-15(12,14-11)13-7-4-2-6(3-5-7)8(9)10/h2-5H,11H2,1H3,(H3,9,10). The van der Waals surface area contributed by atoms with Crippen molar-refractivity contribution >= 4 is 13.4 Å². The molecule has 1 unspecified atom stereocenters. The van der Waals surface area contributed by atoms with E-state index in [2.05, 4.69) is 4.62 Å². The van der Waals surface area contributed by atoms with Crippen LogP contribution in [0.2, 0.25) is 0 Å². The lowest BCUT2D eigenvalue weighted by molar-refractivity contribution is 0.279. The number of rotatable bonds is 4. The number of amidine groups is 1. The van der Waals surface area contributed by atoms with Gasteiger partial charge in [-0.2, -0.15) is 0 Å². The highest BCUT2D eigenvalue weighted by Crippen LogP contribution is 2.42. The monoisotopic (exact) mass is 229 g/mol. The number of nitrogens with two attached hydrogens (primary N) is 2. The second kappa shape index (κ2) is 4.44. The van der Waals surface area contributed by atoms with E-state index in [1.54, 1.807) is 12.1 Å². The molecule has 0 saturated heterocycles. The molecule has 0 amide bonds. The Morgan fingerprint density at radius 2 is 1.93 bits per heavy atom. The molecule has 0 aliphatic heterocycles. The van der Waals surface area contributed by atoms with E-state index < -0.39 is 7.60 Å². The summed E-state index contributed by atoms with van der Waals surface area (Å²) in [4.78, 5) is 0. The summed E-state index contributed by atoms with van der Waals surface area (Å²) >= 11 is 0. The third-order valence-corrected chi connectivity index (χ3v) is 2.55. The van der Waals surface area contributed by atoms with Crippen molar-refractivity contribution in [2.75, 3.05) is 6.66 Å². The molecule has 7 heteroatoms. The second-order valence-electron chi connectivity index (χ2n) is 2.91. The first kappa shape index (κ1) is 11.7. The van der Waals surface area contributed by atoms with Crippen LogP contribution in [0.25, 0.3) is 0 Å². The Kier molecular flexibility index (Phi) is 3.47. The number of nitrogens with one attached hydrogen (secondary N) is 1. The zero-order chi connectivity index (χ0) is 11.5. The molecule has 1 aromatic rings. The zero-order valence-electron chi connectivity index (χ0n) is 8.14. The van der Waals surface area contributed by atoms with Crippen molar-refractivity contribution in [3.8, 4) is 5.75 Å². The molecule has 15 heavy (non-hydrogen) atoms. The van der Waals surface area contributed by atoms with Crippen LogP contribution in [-0.4, -0.2) is 12.5 Å². The van der Waals surface area contributed by atoms with Crippen LogP contribution in [0.3, 0.4) is 0 Å². The Morgan fingerprint density at radius 1 is 1.40 bits per heavy atom. The maximum atomic E-state index is 11.3. The summed E-state index contributed by atoms with van der Waals surface area (Å²) < 4.78 is 20.5. The number of hydrogen-bond donors (Lipinski definition) is 3. The maximum Gasteiger partial charge on any atom is 0.392 e. The predicted octanol–water partition coefficient (Wildman–Crippen LogP) is 1.06. The highest BCUT2D eigenvalue weighted by Gasteiger charge is 2.16. The first-order valence-corrected chi connectivity index (χ1v) is 6.03. The van der Waals surface area contributed by atoms with Gasteiger partial charge in [-0.05, 0) is 24.3 Å². The predicted molar refractivity (Wildman–Crippen MR) is 56.9 cm³/mol. The van der Waals surface area contributed by atoms with Crippen molar-refractivity contribution in [1.29, 1.82) is 5.41 Å². The molecule has 1 aromatic carbocycles. The van der Waals surface area contributed by atoms with Gasteiger partial charge in [0.1, 0.15) is 11.6 Å². The second-order valence-corrected chi connectivity index (χ2v) is 4.84. The van der Waals surface area contributed by atoms with Gasteiger partial charge in [0.2, 0.25) is 0 Å². The van der Waals surface area contributed by atoms with Crippen LogP contribution >= 0.6 is 7.60 Å². The van der Waals surface area contributed by atoms with E-state index in [4.69, 9.17) is 21.6 Å². The van der Waals surface area contributed by atoms with Gasteiger partial charge in [-0.25, -0.2) is 15.1 Å². The fourth-order valence-corrected chi connectivity index (χ4v) is 1.46. The van der Waals surface area contributed by atoms with Crippen molar-refractivity contribution in [1.82, 2.24) is 0 Å². The molecule has 0 bridgehead atoms. The van der Waals surface area contributed by atoms with Gasteiger partial charge < -0.3 is 10.3 Å². The number of hydrogen-bond acceptors (Lipinski definition) is 5. The third kappa shape index (κ3) is 3.36. The van der Waals surface area contributed by atoms with Gasteiger partial charge in [0, 0.05) is 5.56 Å². The molecule has 1 rings (SSSR count). The van der Waals surface area contributed by atoms with E-state index in [1.807, 2.05) is 0 Å². The van der Waals surface area contributed by atoms with E-state index in [0.29, 0.717) is 11.3 Å². The van der Waals surface area contributed by atoms with Crippen LogP contribution in [-0.2, 0) is 9.19 Å². The molecule has 0 heterocycles. The molecule has 0 spiro atoms. The third-order valence-electron chi connectivity index (χ3n) is 1.63. The van der Waals surface area contributed by atoms with Crippen LogP contribution in [0.4, 0.5) is 0 Å². The molecule has 1 atom stereocenters. The molecule has 5 N–H and O–H groups in total. The molecular formula is C8H12N3O3P. The van der Waals surface area contributed by atoms with Crippen molar-refractivity contribution in [2.45, 2.75) is 0 Å². The van der Waals surface area contributed by atoms with Gasteiger partial charge in [-0.1, -0.05) is 0 Å². The van der Waals surface area contributed by atoms with E-state index in [1.165, 1.54) is 18.8 Å². The molecule has 0 radical (unpaired) electrons. The fraction of sp³-hybridized carbons (Fsp3) is 0.125. The van der Waals surface area contributed by atoms with Crippen molar-refractivity contribution in [3.05, 3.63) is 29.8 Å². The normalized spacial score (nSPS) is 14.3. The lowest BCUT2D eigenvalue weighted by Crippen LogP contribution is -2.10. The average molecular weight is 229 g/mol. The van der Waals surface area contributed by atoms with Gasteiger partial charge >= 0.3 is 7.60 Å². The Labute approximate surface area is 87.2 Å². The first-order chi connectivity index (χ1) is 6.94. The summed E-state index contributed by atoms with van der Waals surface area (Å²) in [6.45, 7) is 1.26. The van der Waals surface area contributed by atoms with Crippen LogP contribution in [0.15, 0.2) is 24.3 Å². The SMILES string of the molecule is CP(=O)(ON)Oc1ccc(C(=N)N)cc1. The molecule has 0 aliphatic carbocycles. The Bertz CT molecular complexity index is 404. The van der Waals surface area contributed by atoms with E-state index in [-0.39, 0.29) is 5.84 Å². The Balaban J connectivity index is 2.82. The Morgan fingerprint density at radius 3 is 2.33 bits per heavy atom. The van der Waals surface area contributed by atoms with E-state index in [0.717, 1.165) is 0 Å². The Hall–Kier alpha value is -1.36. The number of benzene rings is 1. The number of nitrogen functional groups attached to an aromatic ring is 1. The summed E-state index contributed by atoms with van der Waals surface area (Å²) in [7, 11) is -3.24. The molecular weight excluding hydrogens is 217 g/mol. The van der Waals surface area contributed by atoms with E-state index in [9.17, 15) is 4.57 Å². The lowest BCUT2D eigenvalue weighted by atomic mass is 10.2. The molecule has 0 fully saturated rings. The first-order valence-electron chi connectivity index (χ1n) is 4.04. The highest BCUT2D eigenvalue weighted by atomic mass is 31.2. The molecule has 0 saturated carbocycles. The zero-order valence-corrected chi connectivity index (χ0v) is 9.03. The van der Waals surface area contributed by atoms with Gasteiger partial charge in [-0.15, -0.1) is 0 Å². The largest absolute Gasteiger partial charge is 0.424 e. The van der Waals surface area contributed by atoms with Crippen molar-refractivity contribution < 1.29 is 13.7 Å². The summed E-state index contributed by atoms with van der Waals surface area (Å²) in [6, 6.07) is 6.22. The van der Waals surface area contributed by atoms with Crippen LogP contribution in [0.5, 0.6) is 5.75 Å². The van der Waals surface area contributed by atoms with Gasteiger partial charge in [0.25, 0.3) is 0 Å². The maximum absolute atomic E-state index is 11.3. The molecule has 0 aromatic heterocycles. The molecule has 0 aliphatic rings. The van der Waals surface area contributed by atoms with Crippen LogP contribution in [0.1, 0.15) is 5.56 Å². The van der Waals surface area contributed by atoms with Gasteiger partial charge in [-0.3, -0.25) is 5.41 Å². The summed E-state index contributed by atoms with van der Waals surface area (Å²) in [5, 5.41) is 7.16. The quantitative estimate of drug-likeness (QED) is 0.309. The molecule has 82 valence electrons.